The summed E-state index contributed by atoms with van der Waals surface area (Å²) in [5.41, 5.74) is 0. The third-order valence-electron chi connectivity index (χ3n) is 15.2. The number of amides is 1. The standard InChI is InChI=1S/C75H133N2O7P/c1-7-10-13-16-19-22-25-27-29-31-33-35-37-38-40-42-44-46-48-50-53-56-59-62-65-68-75(79)84-73(66-63-60-57-54-51-24-21-18-15-12-9-3)72(71-83-85(80,81)82-70-69-77(4,5)6)76-74(78)67-64-61-58-55-52-49-47-45-43-41-39-36-34-32-30-28-26-23-20-17-14-11-8-2/h10,13,19-20,22-23,27-30,33,35,38,40,44,46,63,66,72-73H,7-9,11-12,14-18,21,24-26,31-32,34,36-37,39,41-43,45,47-62,64-65,67-71H2,1-6H3,(H-,76,78,80,81)/b13-10-,22-19-,23-20-,29-27-,30-28-,35-33-,40-38-,46-44-,66-63+. The lowest BCUT2D eigenvalue weighted by Crippen LogP contribution is -2.47. The van der Waals surface area contributed by atoms with Crippen molar-refractivity contribution in [2.75, 3.05) is 40.9 Å². The van der Waals surface area contributed by atoms with Gasteiger partial charge in [-0.3, -0.25) is 14.2 Å². The van der Waals surface area contributed by atoms with Crippen LogP contribution in [-0.4, -0.2) is 69.4 Å². The second kappa shape index (κ2) is 63.7. The second-order valence-corrected chi connectivity index (χ2v) is 26.1. The van der Waals surface area contributed by atoms with Gasteiger partial charge in [0.2, 0.25) is 5.91 Å². The molecule has 3 atom stereocenters. The minimum atomic E-state index is -4.71. The number of likely N-dealkylation sites (N-methyl/N-ethyl adjacent to an activating group) is 1. The molecule has 490 valence electrons. The summed E-state index contributed by atoms with van der Waals surface area (Å²) in [5.74, 6) is -0.558. The van der Waals surface area contributed by atoms with Crippen molar-refractivity contribution < 1.29 is 37.3 Å². The van der Waals surface area contributed by atoms with E-state index >= 15 is 0 Å². The Morgan fingerprint density at radius 1 is 0.424 bits per heavy atom. The van der Waals surface area contributed by atoms with Crippen LogP contribution >= 0.6 is 7.82 Å². The zero-order valence-corrected chi connectivity index (χ0v) is 56.9. The number of unbranched alkanes of at least 4 members (excludes halogenated alkanes) is 31. The molecule has 0 rings (SSSR count). The molecule has 10 heteroatoms. The maximum atomic E-state index is 13.6. The summed E-state index contributed by atoms with van der Waals surface area (Å²) in [4.78, 5) is 40.2. The van der Waals surface area contributed by atoms with E-state index in [4.69, 9.17) is 13.8 Å². The van der Waals surface area contributed by atoms with Gasteiger partial charge in [-0.25, -0.2) is 0 Å². The van der Waals surface area contributed by atoms with Crippen molar-refractivity contribution in [2.24, 2.45) is 0 Å². The highest BCUT2D eigenvalue weighted by molar-refractivity contribution is 7.45. The number of hydrogen-bond donors (Lipinski definition) is 1. The fourth-order valence-electron chi connectivity index (χ4n) is 9.79. The van der Waals surface area contributed by atoms with Crippen molar-refractivity contribution in [2.45, 2.75) is 315 Å². The Morgan fingerprint density at radius 2 is 0.753 bits per heavy atom. The molecule has 0 aromatic rings. The van der Waals surface area contributed by atoms with Crippen molar-refractivity contribution >= 4 is 19.7 Å². The first-order chi connectivity index (χ1) is 41.4. The molecule has 0 spiro atoms. The molecule has 0 aromatic carbocycles. The van der Waals surface area contributed by atoms with Crippen LogP contribution in [0.5, 0.6) is 0 Å². The van der Waals surface area contributed by atoms with E-state index in [1.165, 1.54) is 141 Å². The Kier molecular flexibility index (Phi) is 61.2. The van der Waals surface area contributed by atoms with Crippen LogP contribution in [-0.2, 0) is 27.9 Å². The Bertz CT molecular complexity index is 1820. The van der Waals surface area contributed by atoms with Gasteiger partial charge in [-0.15, -0.1) is 0 Å². The molecule has 3 unspecified atom stereocenters. The largest absolute Gasteiger partial charge is 0.756 e. The van der Waals surface area contributed by atoms with E-state index in [-0.39, 0.29) is 24.9 Å². The molecule has 0 bridgehead atoms. The lowest BCUT2D eigenvalue weighted by molar-refractivity contribution is -0.870. The summed E-state index contributed by atoms with van der Waals surface area (Å²) in [5, 5.41) is 3.04. The zero-order valence-electron chi connectivity index (χ0n) is 56.0. The molecule has 1 N–H and O–H groups in total. The van der Waals surface area contributed by atoms with Crippen LogP contribution in [0.1, 0.15) is 303 Å². The van der Waals surface area contributed by atoms with E-state index in [0.29, 0.717) is 23.9 Å². The molecule has 1 amide bonds. The van der Waals surface area contributed by atoms with Crippen molar-refractivity contribution in [3.05, 3.63) is 109 Å². The molecular formula is C75H133N2O7P. The first kappa shape index (κ1) is 81.7. The molecule has 0 saturated carbocycles. The van der Waals surface area contributed by atoms with E-state index in [1.54, 1.807) is 0 Å². The van der Waals surface area contributed by atoms with Crippen molar-refractivity contribution in [3.8, 4) is 0 Å². The number of quaternary nitrogens is 1. The number of ether oxygens (including phenoxy) is 1. The van der Waals surface area contributed by atoms with Gasteiger partial charge in [0.25, 0.3) is 7.82 Å². The lowest BCUT2D eigenvalue weighted by Gasteiger charge is -2.30. The van der Waals surface area contributed by atoms with Crippen LogP contribution in [0.2, 0.25) is 0 Å². The van der Waals surface area contributed by atoms with Gasteiger partial charge in [0.05, 0.1) is 33.8 Å². The number of esters is 1. The predicted octanol–water partition coefficient (Wildman–Crippen LogP) is 21.8. The van der Waals surface area contributed by atoms with Gasteiger partial charge >= 0.3 is 5.97 Å². The number of phosphoric acid groups is 1. The summed E-state index contributed by atoms with van der Waals surface area (Å²) < 4.78 is 30.4. The first-order valence-electron chi connectivity index (χ1n) is 35.2. The maximum absolute atomic E-state index is 13.6. The minimum Gasteiger partial charge on any atom is -0.756 e. The van der Waals surface area contributed by atoms with Gasteiger partial charge in [0.15, 0.2) is 0 Å². The van der Waals surface area contributed by atoms with E-state index in [9.17, 15) is 19.0 Å². The number of nitrogens with one attached hydrogen (secondary N) is 1. The highest BCUT2D eigenvalue weighted by atomic mass is 31.2. The Morgan fingerprint density at radius 3 is 1.15 bits per heavy atom. The van der Waals surface area contributed by atoms with Crippen molar-refractivity contribution in [1.82, 2.24) is 5.32 Å². The third kappa shape index (κ3) is 65.0. The number of carbonyl (C=O) groups excluding carboxylic acids is 2. The van der Waals surface area contributed by atoms with Gasteiger partial charge in [0.1, 0.15) is 19.3 Å². The smallest absolute Gasteiger partial charge is 0.306 e. The normalized spacial score (nSPS) is 14.2. The molecular weight excluding hydrogens is 1070 g/mol. The van der Waals surface area contributed by atoms with Gasteiger partial charge in [-0.05, 0) is 115 Å². The van der Waals surface area contributed by atoms with Gasteiger partial charge < -0.3 is 28.5 Å². The minimum absolute atomic E-state index is 0.0294. The summed E-state index contributed by atoms with van der Waals surface area (Å²) in [6, 6.07) is -0.902. The average molecular weight is 1210 g/mol. The third-order valence-corrected chi connectivity index (χ3v) is 16.2. The number of rotatable bonds is 63. The van der Waals surface area contributed by atoms with Crippen LogP contribution in [0, 0.1) is 0 Å². The topological polar surface area (TPSA) is 114 Å². The van der Waals surface area contributed by atoms with Gasteiger partial charge in [0, 0.05) is 12.8 Å². The Balaban J connectivity index is 5.08. The number of nitrogens with zero attached hydrogens (tertiary/aromatic N) is 1. The van der Waals surface area contributed by atoms with Crippen LogP contribution in [0.15, 0.2) is 109 Å². The molecule has 0 aromatic heterocycles. The maximum Gasteiger partial charge on any atom is 0.306 e. The summed E-state index contributed by atoms with van der Waals surface area (Å²) in [7, 11) is 1.17. The van der Waals surface area contributed by atoms with Gasteiger partial charge in [-0.1, -0.05) is 285 Å². The quantitative estimate of drug-likeness (QED) is 0.0212. The SMILES string of the molecule is CC/C=C\C/C=C\C/C=C\C/C=C\C/C=C\C/C=C\CCCCCCCCC(=O)OC(/C=C/CCCCCCCCCCC)C(COP(=O)([O-])OCC[N+](C)(C)C)NC(=O)CCCCCCCCCCCCCCC/C=C\C/C=C\CCCCC. The molecule has 0 aliphatic carbocycles. The number of carbonyl (C=O) groups is 2. The van der Waals surface area contributed by atoms with Crippen LogP contribution < -0.4 is 10.2 Å². The summed E-state index contributed by atoms with van der Waals surface area (Å²) >= 11 is 0. The molecule has 0 aliphatic rings. The van der Waals surface area contributed by atoms with Crippen molar-refractivity contribution in [1.29, 1.82) is 0 Å². The predicted molar refractivity (Wildman–Crippen MR) is 367 cm³/mol. The number of hydrogen-bond acceptors (Lipinski definition) is 7. The molecule has 0 saturated heterocycles. The Hall–Kier alpha value is -3.33. The van der Waals surface area contributed by atoms with Crippen LogP contribution in [0.4, 0.5) is 0 Å². The molecule has 9 nitrogen and oxygen atoms in total. The highest BCUT2D eigenvalue weighted by Gasteiger charge is 2.27. The second-order valence-electron chi connectivity index (χ2n) is 24.6. The number of phosphoric ester groups is 1. The molecule has 85 heavy (non-hydrogen) atoms. The van der Waals surface area contributed by atoms with E-state index in [1.807, 2.05) is 33.3 Å². The lowest BCUT2D eigenvalue weighted by atomic mass is 10.0. The van der Waals surface area contributed by atoms with Crippen LogP contribution in [0.3, 0.4) is 0 Å². The van der Waals surface area contributed by atoms with E-state index in [2.05, 4.69) is 123 Å². The average Bonchev–Trinajstić information content (AvgIpc) is 3.58. The number of allylic oxidation sites excluding steroid dienone is 17. The molecule has 0 fully saturated rings. The first-order valence-corrected chi connectivity index (χ1v) is 36.7. The van der Waals surface area contributed by atoms with E-state index in [0.717, 1.165) is 122 Å². The Labute approximate surface area is 525 Å². The van der Waals surface area contributed by atoms with Crippen LogP contribution in [0.25, 0.3) is 0 Å². The van der Waals surface area contributed by atoms with Gasteiger partial charge in [-0.2, -0.15) is 0 Å². The molecule has 0 aliphatic heterocycles. The summed E-state index contributed by atoms with van der Waals surface area (Å²) in [6.45, 7) is 6.70. The zero-order chi connectivity index (χ0) is 62.1. The highest BCUT2D eigenvalue weighted by Crippen LogP contribution is 2.38. The van der Waals surface area contributed by atoms with E-state index < -0.39 is 26.6 Å². The van der Waals surface area contributed by atoms with Crippen molar-refractivity contribution in [3.63, 3.8) is 0 Å². The molecule has 0 heterocycles. The summed E-state index contributed by atoms with van der Waals surface area (Å²) in [6.07, 6.45) is 87.8. The fraction of sp³-hybridized carbons (Fsp3) is 0.733. The molecule has 0 radical (unpaired) electrons. The monoisotopic (exact) mass is 1200 g/mol. The fourth-order valence-corrected chi connectivity index (χ4v) is 10.5.